The van der Waals surface area contributed by atoms with E-state index in [1.165, 1.54) is 60.8 Å². The summed E-state index contributed by atoms with van der Waals surface area (Å²) in [6, 6.07) is 70.2. The first kappa shape index (κ1) is 30.2. The molecule has 0 radical (unpaired) electrons. The quantitative estimate of drug-likeness (QED) is 0.166. The van der Waals surface area contributed by atoms with Gasteiger partial charge in [-0.25, -0.2) is 9.97 Å². The van der Waals surface area contributed by atoms with Crippen molar-refractivity contribution < 1.29 is 0 Å². The molecule has 0 bridgehead atoms. The first-order valence-corrected chi connectivity index (χ1v) is 18.0. The zero-order valence-corrected chi connectivity index (χ0v) is 28.6. The smallest absolute Gasteiger partial charge is 0.134 e. The van der Waals surface area contributed by atoms with E-state index in [-0.39, 0.29) is 0 Å². The van der Waals surface area contributed by atoms with E-state index in [4.69, 9.17) is 9.97 Å². The summed E-state index contributed by atoms with van der Waals surface area (Å²) in [4.78, 5) is 10.6. The minimum Gasteiger partial charge on any atom is -0.232 e. The molecule has 1 heterocycles. The van der Waals surface area contributed by atoms with Crippen molar-refractivity contribution >= 4 is 21.7 Å². The summed E-state index contributed by atoms with van der Waals surface area (Å²) < 4.78 is 0. The van der Waals surface area contributed by atoms with Crippen molar-refractivity contribution in [3.8, 4) is 33.5 Å². The molecule has 0 N–H and O–H groups in total. The lowest BCUT2D eigenvalue weighted by atomic mass is 9.67. The summed E-state index contributed by atoms with van der Waals surface area (Å²) >= 11 is 0. The molecule has 0 spiro atoms. The van der Waals surface area contributed by atoms with Gasteiger partial charge >= 0.3 is 0 Å². The second-order valence-electron chi connectivity index (χ2n) is 13.7. The Bertz CT molecular complexity index is 2700. The molecule has 9 aromatic rings. The second kappa shape index (κ2) is 12.3. The van der Waals surface area contributed by atoms with E-state index in [0.29, 0.717) is 6.42 Å². The SMILES string of the molecule is c1ccc(-c2ccc(Cc3nc(-c4ccc5c(c4)C(c4ccccc4)(c4ccccc4)c4ccccc4-5)c4cc5ccccc5cc4n3)cc2)cc1. The zero-order valence-electron chi connectivity index (χ0n) is 28.6. The summed E-state index contributed by atoms with van der Waals surface area (Å²) in [5.41, 5.74) is 13.7. The van der Waals surface area contributed by atoms with Crippen LogP contribution in [-0.2, 0) is 11.8 Å². The maximum Gasteiger partial charge on any atom is 0.134 e. The lowest BCUT2D eigenvalue weighted by Crippen LogP contribution is -2.28. The summed E-state index contributed by atoms with van der Waals surface area (Å²) in [7, 11) is 0. The minimum absolute atomic E-state index is 0.483. The number of benzene rings is 8. The molecule has 8 aromatic carbocycles. The van der Waals surface area contributed by atoms with Crippen LogP contribution in [0.1, 0.15) is 33.6 Å². The fourth-order valence-electron chi connectivity index (χ4n) is 8.38. The Hall–Kier alpha value is -6.64. The zero-order chi connectivity index (χ0) is 34.5. The van der Waals surface area contributed by atoms with Crippen molar-refractivity contribution in [1.82, 2.24) is 9.97 Å². The molecule has 2 heteroatoms. The Balaban J connectivity index is 1.18. The minimum atomic E-state index is -0.483. The third-order valence-corrected chi connectivity index (χ3v) is 10.8. The van der Waals surface area contributed by atoms with Crippen LogP contribution in [-0.4, -0.2) is 9.97 Å². The highest BCUT2D eigenvalue weighted by Gasteiger charge is 2.46. The maximum atomic E-state index is 5.41. The highest BCUT2D eigenvalue weighted by Crippen LogP contribution is 2.56. The third-order valence-electron chi connectivity index (χ3n) is 10.8. The highest BCUT2D eigenvalue weighted by atomic mass is 14.9. The van der Waals surface area contributed by atoms with E-state index < -0.39 is 5.41 Å². The van der Waals surface area contributed by atoms with Crippen LogP contribution in [0, 0.1) is 0 Å². The van der Waals surface area contributed by atoms with Crippen molar-refractivity contribution in [2.75, 3.05) is 0 Å². The standard InChI is InChI=1S/C50H34N2/c1-4-14-35(15-5-1)36-26-24-34(25-27-36)30-48-51-47-33-38-17-11-10-16-37(38)31-44(47)49(52-48)39-28-29-43-42-22-12-13-23-45(42)50(46(43)32-39,40-18-6-2-7-19-40)41-20-8-3-9-21-41/h1-29,31-33H,30H2. The van der Waals surface area contributed by atoms with Gasteiger partial charge in [0.2, 0.25) is 0 Å². The van der Waals surface area contributed by atoms with E-state index >= 15 is 0 Å². The molecule has 0 aliphatic heterocycles. The van der Waals surface area contributed by atoms with Gasteiger partial charge in [-0.05, 0) is 79.0 Å². The molecule has 1 aliphatic rings. The van der Waals surface area contributed by atoms with Gasteiger partial charge in [0.15, 0.2) is 0 Å². The van der Waals surface area contributed by atoms with Crippen LogP contribution in [0.25, 0.3) is 55.2 Å². The van der Waals surface area contributed by atoms with Crippen LogP contribution in [0.2, 0.25) is 0 Å². The van der Waals surface area contributed by atoms with Crippen molar-refractivity contribution in [2.45, 2.75) is 11.8 Å². The number of rotatable bonds is 6. The molecule has 1 aliphatic carbocycles. The fraction of sp³-hybridized carbons (Fsp3) is 0.0400. The first-order valence-electron chi connectivity index (χ1n) is 18.0. The Kier molecular flexibility index (Phi) is 7.14. The van der Waals surface area contributed by atoms with E-state index in [0.717, 1.165) is 28.0 Å². The van der Waals surface area contributed by atoms with Crippen LogP contribution in [0.3, 0.4) is 0 Å². The molecule has 0 saturated heterocycles. The van der Waals surface area contributed by atoms with Crippen molar-refractivity contribution in [3.63, 3.8) is 0 Å². The van der Waals surface area contributed by atoms with Crippen molar-refractivity contribution in [3.05, 3.63) is 228 Å². The molecule has 0 fully saturated rings. The van der Waals surface area contributed by atoms with Gasteiger partial charge < -0.3 is 0 Å². The number of fused-ring (bicyclic) bond motifs is 5. The molecule has 0 amide bonds. The number of hydrogen-bond donors (Lipinski definition) is 0. The van der Waals surface area contributed by atoms with Crippen LogP contribution in [0.4, 0.5) is 0 Å². The van der Waals surface area contributed by atoms with Gasteiger partial charge in [0.1, 0.15) is 5.82 Å². The maximum absolute atomic E-state index is 5.41. The molecule has 2 nitrogen and oxygen atoms in total. The van der Waals surface area contributed by atoms with Crippen LogP contribution < -0.4 is 0 Å². The fourth-order valence-corrected chi connectivity index (χ4v) is 8.38. The van der Waals surface area contributed by atoms with Gasteiger partial charge in [0, 0.05) is 17.4 Å². The number of nitrogens with zero attached hydrogens (tertiary/aromatic N) is 2. The molecule has 0 unspecified atom stereocenters. The second-order valence-corrected chi connectivity index (χ2v) is 13.7. The van der Waals surface area contributed by atoms with E-state index in [1.807, 2.05) is 0 Å². The van der Waals surface area contributed by atoms with E-state index in [2.05, 4.69) is 194 Å². The predicted octanol–water partition coefficient (Wildman–Crippen LogP) is 12.1. The van der Waals surface area contributed by atoms with Gasteiger partial charge in [-0.1, -0.05) is 176 Å². The van der Waals surface area contributed by atoms with Crippen LogP contribution >= 0.6 is 0 Å². The summed E-state index contributed by atoms with van der Waals surface area (Å²) in [6.07, 6.45) is 0.638. The lowest BCUT2D eigenvalue weighted by Gasteiger charge is -2.34. The van der Waals surface area contributed by atoms with Gasteiger partial charge in [-0.3, -0.25) is 0 Å². The Morgan fingerprint density at radius 3 is 1.67 bits per heavy atom. The molecule has 10 rings (SSSR count). The summed E-state index contributed by atoms with van der Waals surface area (Å²) in [6.45, 7) is 0. The number of hydrogen-bond acceptors (Lipinski definition) is 2. The molecule has 244 valence electrons. The van der Waals surface area contributed by atoms with Gasteiger partial charge in [0.05, 0.1) is 16.6 Å². The van der Waals surface area contributed by atoms with E-state index in [9.17, 15) is 0 Å². The van der Waals surface area contributed by atoms with Crippen molar-refractivity contribution in [1.29, 1.82) is 0 Å². The third kappa shape index (κ3) is 4.87. The summed E-state index contributed by atoms with van der Waals surface area (Å²) in [5.74, 6) is 0.811. The lowest BCUT2D eigenvalue weighted by molar-refractivity contribution is 0.768. The van der Waals surface area contributed by atoms with Gasteiger partial charge in [-0.15, -0.1) is 0 Å². The normalized spacial score (nSPS) is 12.8. The van der Waals surface area contributed by atoms with Crippen LogP contribution in [0.15, 0.2) is 194 Å². The highest BCUT2D eigenvalue weighted by molar-refractivity contribution is 6.03. The average molecular weight is 663 g/mol. The Labute approximate surface area is 303 Å². The molecule has 0 saturated carbocycles. The molecule has 1 aromatic heterocycles. The Morgan fingerprint density at radius 1 is 0.404 bits per heavy atom. The van der Waals surface area contributed by atoms with E-state index in [1.54, 1.807) is 0 Å². The first-order chi connectivity index (χ1) is 25.8. The van der Waals surface area contributed by atoms with Gasteiger partial charge in [0.25, 0.3) is 0 Å². The summed E-state index contributed by atoms with van der Waals surface area (Å²) in [5, 5.41) is 3.41. The molecular weight excluding hydrogens is 629 g/mol. The van der Waals surface area contributed by atoms with Crippen LogP contribution in [0.5, 0.6) is 0 Å². The molecular formula is C50H34N2. The van der Waals surface area contributed by atoms with Crippen molar-refractivity contribution in [2.24, 2.45) is 0 Å². The molecule has 52 heavy (non-hydrogen) atoms. The average Bonchev–Trinajstić information content (AvgIpc) is 3.51. The monoisotopic (exact) mass is 662 g/mol. The topological polar surface area (TPSA) is 25.8 Å². The Morgan fingerprint density at radius 2 is 0.962 bits per heavy atom. The molecule has 0 atom stereocenters. The number of aromatic nitrogens is 2. The predicted molar refractivity (Wildman–Crippen MR) is 214 cm³/mol. The largest absolute Gasteiger partial charge is 0.232 e. The van der Waals surface area contributed by atoms with Gasteiger partial charge in [-0.2, -0.15) is 0 Å².